The molecule has 2 aromatic carbocycles. The Bertz CT molecular complexity index is 1500. The Morgan fingerprint density at radius 3 is 2.91 bits per heavy atom. The highest BCUT2D eigenvalue weighted by Crippen LogP contribution is 2.36. The van der Waals surface area contributed by atoms with E-state index in [0.29, 0.717) is 33.1 Å². The van der Waals surface area contributed by atoms with Crippen molar-refractivity contribution < 1.29 is 9.90 Å². The lowest BCUT2D eigenvalue weighted by atomic mass is 10.1. The van der Waals surface area contributed by atoms with Crippen LogP contribution in [0, 0.1) is 0 Å². The van der Waals surface area contributed by atoms with Crippen LogP contribution in [0.15, 0.2) is 53.5 Å². The number of para-hydroxylation sites is 1. The Hall–Kier alpha value is -4.05. The lowest BCUT2D eigenvalue weighted by Gasteiger charge is -2.08. The number of carbonyl (C=O) groups excluding carboxylic acids is 1. The number of phenols is 1. The molecule has 0 saturated carbocycles. The highest BCUT2D eigenvalue weighted by atomic mass is 32.1. The average molecular weight is 446 g/mol. The van der Waals surface area contributed by atoms with Crippen LogP contribution in [0.1, 0.15) is 12.2 Å². The molecule has 1 amide bonds. The van der Waals surface area contributed by atoms with Gasteiger partial charge in [-0.1, -0.05) is 12.1 Å². The summed E-state index contributed by atoms with van der Waals surface area (Å²) in [4.78, 5) is 36.3. The van der Waals surface area contributed by atoms with Crippen molar-refractivity contribution in [3.05, 3.63) is 64.8 Å². The van der Waals surface area contributed by atoms with Gasteiger partial charge < -0.3 is 15.4 Å². The van der Waals surface area contributed by atoms with Gasteiger partial charge in [-0.3, -0.25) is 14.3 Å². The standard InChI is InChI=1S/C22H18N6O3S/c1-28-20-14(11-23-28)21(31)27-18(26-20)8-9-19(30)24-12-6-7-16(29)13(10-12)22-25-15-4-2-3-5-17(15)32-22/h2-7,10-11,29H,8-9H2,1H3,(H,24,30)(H,26,27,31). The van der Waals surface area contributed by atoms with Gasteiger partial charge in [0.05, 0.1) is 22.0 Å². The number of rotatable bonds is 5. The summed E-state index contributed by atoms with van der Waals surface area (Å²) in [5.41, 5.74) is 2.15. The zero-order valence-electron chi connectivity index (χ0n) is 17.0. The van der Waals surface area contributed by atoms with Gasteiger partial charge in [0, 0.05) is 25.6 Å². The smallest absolute Gasteiger partial charge is 0.262 e. The molecule has 10 heteroatoms. The Labute approximate surface area is 185 Å². The van der Waals surface area contributed by atoms with Gasteiger partial charge in [0.1, 0.15) is 22.0 Å². The van der Waals surface area contributed by atoms with Gasteiger partial charge in [0.2, 0.25) is 5.91 Å². The van der Waals surface area contributed by atoms with Crippen molar-refractivity contribution in [2.75, 3.05) is 5.32 Å². The van der Waals surface area contributed by atoms with Gasteiger partial charge >= 0.3 is 0 Å². The quantitative estimate of drug-likeness (QED) is 0.356. The van der Waals surface area contributed by atoms with Crippen molar-refractivity contribution in [1.82, 2.24) is 24.7 Å². The number of aryl methyl sites for hydroxylation is 2. The van der Waals surface area contributed by atoms with Crippen LogP contribution in [0.2, 0.25) is 0 Å². The Kier molecular flexibility index (Phi) is 4.91. The van der Waals surface area contributed by atoms with Crippen LogP contribution in [-0.2, 0) is 18.3 Å². The molecule has 9 nitrogen and oxygen atoms in total. The highest BCUT2D eigenvalue weighted by Gasteiger charge is 2.13. The van der Waals surface area contributed by atoms with Crippen molar-refractivity contribution in [3.8, 4) is 16.3 Å². The van der Waals surface area contributed by atoms with E-state index in [-0.39, 0.29) is 30.1 Å². The average Bonchev–Trinajstić information content (AvgIpc) is 3.38. The first-order valence-corrected chi connectivity index (χ1v) is 10.7. The molecule has 3 aromatic heterocycles. The van der Waals surface area contributed by atoms with Crippen LogP contribution in [0.3, 0.4) is 0 Å². The van der Waals surface area contributed by atoms with Crippen LogP contribution in [0.4, 0.5) is 5.69 Å². The maximum Gasteiger partial charge on any atom is 0.262 e. The van der Waals surface area contributed by atoms with Gasteiger partial charge in [-0.25, -0.2) is 9.97 Å². The molecule has 0 unspecified atom stereocenters. The minimum atomic E-state index is -0.280. The van der Waals surface area contributed by atoms with Crippen molar-refractivity contribution in [3.63, 3.8) is 0 Å². The number of aromatic nitrogens is 5. The number of thiazole rings is 1. The van der Waals surface area contributed by atoms with Crippen LogP contribution in [0.5, 0.6) is 5.75 Å². The van der Waals surface area contributed by atoms with Gasteiger partial charge in [0.25, 0.3) is 5.56 Å². The SMILES string of the molecule is Cn1ncc2c(=O)[nH]c(CCC(=O)Nc3ccc(O)c(-c4nc5ccccc5s4)c3)nc21. The fourth-order valence-corrected chi connectivity index (χ4v) is 4.41. The number of benzene rings is 2. The van der Waals surface area contributed by atoms with E-state index in [4.69, 9.17) is 0 Å². The lowest BCUT2D eigenvalue weighted by Crippen LogP contribution is -2.16. The summed E-state index contributed by atoms with van der Waals surface area (Å²) in [5.74, 6) is 0.272. The second kappa shape index (κ2) is 7.89. The number of phenolic OH excluding ortho intramolecular Hbond substituents is 1. The first-order chi connectivity index (χ1) is 15.5. The summed E-state index contributed by atoms with van der Waals surface area (Å²) in [7, 11) is 1.71. The third-order valence-electron chi connectivity index (χ3n) is 5.04. The van der Waals surface area contributed by atoms with Crippen LogP contribution < -0.4 is 10.9 Å². The normalized spacial score (nSPS) is 11.3. The number of nitrogens with one attached hydrogen (secondary N) is 2. The predicted octanol–water partition coefficient (Wildman–Crippen LogP) is 3.21. The summed E-state index contributed by atoms with van der Waals surface area (Å²) < 4.78 is 2.54. The Balaban J connectivity index is 1.32. The molecular weight excluding hydrogens is 428 g/mol. The third kappa shape index (κ3) is 3.71. The van der Waals surface area contributed by atoms with Gasteiger partial charge in [-0.2, -0.15) is 5.10 Å². The molecule has 160 valence electrons. The van der Waals surface area contributed by atoms with Crippen molar-refractivity contribution >= 4 is 44.2 Å². The maximum absolute atomic E-state index is 12.5. The largest absolute Gasteiger partial charge is 0.507 e. The molecule has 0 atom stereocenters. The molecule has 0 radical (unpaired) electrons. The number of hydrogen-bond donors (Lipinski definition) is 3. The number of carbonyl (C=O) groups is 1. The Morgan fingerprint density at radius 2 is 2.06 bits per heavy atom. The molecule has 0 saturated heterocycles. The minimum absolute atomic E-state index is 0.0910. The summed E-state index contributed by atoms with van der Waals surface area (Å²) in [6, 6.07) is 12.6. The van der Waals surface area contributed by atoms with Crippen LogP contribution in [0.25, 0.3) is 31.8 Å². The van der Waals surface area contributed by atoms with E-state index in [0.717, 1.165) is 10.2 Å². The van der Waals surface area contributed by atoms with Crippen LogP contribution >= 0.6 is 11.3 Å². The van der Waals surface area contributed by atoms with E-state index in [1.54, 1.807) is 19.2 Å². The molecule has 5 rings (SSSR count). The molecule has 0 aliphatic heterocycles. The van der Waals surface area contributed by atoms with E-state index >= 15 is 0 Å². The minimum Gasteiger partial charge on any atom is -0.507 e. The van der Waals surface area contributed by atoms with Gasteiger partial charge in [-0.15, -0.1) is 11.3 Å². The number of aromatic amines is 1. The summed E-state index contributed by atoms with van der Waals surface area (Å²) in [5, 5.41) is 18.3. The second-order valence-electron chi connectivity index (χ2n) is 7.28. The molecule has 0 spiro atoms. The molecule has 3 heterocycles. The number of amides is 1. The molecule has 0 aliphatic carbocycles. The van der Waals surface area contributed by atoms with Gasteiger partial charge in [-0.05, 0) is 30.3 Å². The number of hydrogen-bond acceptors (Lipinski definition) is 7. The van der Waals surface area contributed by atoms with Crippen molar-refractivity contribution in [1.29, 1.82) is 0 Å². The summed E-state index contributed by atoms with van der Waals surface area (Å²) >= 11 is 1.47. The number of H-pyrrole nitrogens is 1. The first kappa shape index (κ1) is 19.9. The van der Waals surface area contributed by atoms with E-state index in [1.807, 2.05) is 24.3 Å². The molecule has 5 aromatic rings. The summed E-state index contributed by atoms with van der Waals surface area (Å²) in [6.45, 7) is 0. The predicted molar refractivity (Wildman–Crippen MR) is 123 cm³/mol. The van der Waals surface area contributed by atoms with Gasteiger partial charge in [0.15, 0.2) is 5.65 Å². The molecule has 3 N–H and O–H groups in total. The van der Waals surface area contributed by atoms with Crippen molar-refractivity contribution in [2.24, 2.45) is 7.05 Å². The molecule has 0 bridgehead atoms. The molecule has 0 fully saturated rings. The lowest BCUT2D eigenvalue weighted by molar-refractivity contribution is -0.116. The number of aromatic hydroxyl groups is 1. The number of nitrogens with zero attached hydrogens (tertiary/aromatic N) is 4. The van der Waals surface area contributed by atoms with E-state index in [9.17, 15) is 14.7 Å². The highest BCUT2D eigenvalue weighted by molar-refractivity contribution is 7.21. The van der Waals surface area contributed by atoms with Crippen molar-refractivity contribution in [2.45, 2.75) is 12.8 Å². The van der Waals surface area contributed by atoms with Crippen LogP contribution in [-0.4, -0.2) is 35.7 Å². The molecule has 0 aliphatic rings. The van der Waals surface area contributed by atoms with E-state index < -0.39 is 0 Å². The number of anilines is 1. The fourth-order valence-electron chi connectivity index (χ4n) is 3.42. The zero-order chi connectivity index (χ0) is 22.2. The summed E-state index contributed by atoms with van der Waals surface area (Å²) in [6.07, 6.45) is 1.86. The second-order valence-corrected chi connectivity index (χ2v) is 8.32. The Morgan fingerprint density at radius 1 is 1.22 bits per heavy atom. The topological polar surface area (TPSA) is 126 Å². The van der Waals surface area contributed by atoms with E-state index in [1.165, 1.54) is 28.3 Å². The number of fused-ring (bicyclic) bond motifs is 2. The first-order valence-electron chi connectivity index (χ1n) is 9.87. The maximum atomic E-state index is 12.5. The fraction of sp³-hybridized carbons (Fsp3) is 0.136. The monoisotopic (exact) mass is 446 g/mol. The third-order valence-corrected chi connectivity index (χ3v) is 6.11. The molecule has 32 heavy (non-hydrogen) atoms. The molecular formula is C22H18N6O3S. The zero-order valence-corrected chi connectivity index (χ0v) is 17.8. The van der Waals surface area contributed by atoms with E-state index in [2.05, 4.69) is 25.4 Å².